The summed E-state index contributed by atoms with van der Waals surface area (Å²) in [4.78, 5) is 11.6. The number of rotatable bonds is 7. The largest absolute Gasteiger partial charge is 0.469 e. The van der Waals surface area contributed by atoms with Gasteiger partial charge in [-0.2, -0.15) is 0 Å². The van der Waals surface area contributed by atoms with Gasteiger partial charge in [0.05, 0.1) is 12.5 Å². The molecule has 0 atom stereocenters. The zero-order valence-electron chi connectivity index (χ0n) is 11.8. The van der Waals surface area contributed by atoms with Crippen LogP contribution in [0.4, 0.5) is 0 Å². The van der Waals surface area contributed by atoms with Gasteiger partial charge in [-0.25, -0.2) is 0 Å². The van der Waals surface area contributed by atoms with Crippen LogP contribution in [0.5, 0.6) is 0 Å². The summed E-state index contributed by atoms with van der Waals surface area (Å²) >= 11 is 0. The van der Waals surface area contributed by atoms with E-state index in [0.717, 1.165) is 19.5 Å². The fourth-order valence-corrected chi connectivity index (χ4v) is 1.90. The molecule has 0 unspecified atom stereocenters. The van der Waals surface area contributed by atoms with Gasteiger partial charge in [0.25, 0.3) is 0 Å². The van der Waals surface area contributed by atoms with Crippen LogP contribution < -0.4 is 5.32 Å². The molecule has 0 fully saturated rings. The van der Waals surface area contributed by atoms with E-state index in [1.54, 1.807) is 0 Å². The van der Waals surface area contributed by atoms with E-state index in [9.17, 15) is 4.79 Å². The smallest absolute Gasteiger partial charge is 0.313 e. The van der Waals surface area contributed by atoms with E-state index >= 15 is 0 Å². The lowest BCUT2D eigenvalue weighted by Crippen LogP contribution is -2.30. The molecule has 102 valence electrons. The lowest BCUT2D eigenvalue weighted by Gasteiger charge is -2.21. The molecule has 4 heteroatoms. The first-order valence-corrected chi connectivity index (χ1v) is 6.43. The first-order valence-electron chi connectivity index (χ1n) is 6.43. The molecule has 1 aromatic rings. The van der Waals surface area contributed by atoms with Crippen molar-refractivity contribution in [3.8, 4) is 0 Å². The lowest BCUT2D eigenvalue weighted by atomic mass is 9.94. The Labute approximate surface area is 109 Å². The fourth-order valence-electron chi connectivity index (χ4n) is 1.90. The molecular weight excluding hydrogens is 228 g/mol. The maximum Gasteiger partial charge on any atom is 0.313 e. The highest BCUT2D eigenvalue weighted by atomic mass is 16.5. The third-order valence-corrected chi connectivity index (χ3v) is 2.88. The summed E-state index contributed by atoms with van der Waals surface area (Å²) in [5.74, 6) is -0.179. The third-order valence-electron chi connectivity index (χ3n) is 2.88. The monoisotopic (exact) mass is 252 g/mol. The molecule has 0 spiro atoms. The number of hydrogen-bond acceptors (Lipinski definition) is 3. The second-order valence-electron chi connectivity index (χ2n) is 5.24. The van der Waals surface area contributed by atoms with Crippen LogP contribution in [0.25, 0.3) is 0 Å². The maximum absolute atomic E-state index is 11.6. The summed E-state index contributed by atoms with van der Waals surface area (Å²) in [5, 5.41) is 3.36. The molecule has 1 N–H and O–H groups in total. The zero-order chi connectivity index (χ0) is 13.6. The van der Waals surface area contributed by atoms with Gasteiger partial charge in [0.1, 0.15) is 0 Å². The van der Waals surface area contributed by atoms with Crippen LogP contribution >= 0.6 is 0 Å². The van der Waals surface area contributed by atoms with E-state index in [2.05, 4.69) is 24.5 Å². The number of nitrogens with zero attached hydrogens (tertiary/aromatic N) is 1. The molecule has 0 saturated heterocycles. The topological polar surface area (TPSA) is 43.3 Å². The van der Waals surface area contributed by atoms with Crippen LogP contribution in [0.1, 0.15) is 32.8 Å². The number of methoxy groups -OCH3 is 1. The normalized spacial score (nSPS) is 11.6. The molecule has 0 radical (unpaired) electrons. The second kappa shape index (κ2) is 6.59. The predicted molar refractivity (Wildman–Crippen MR) is 72.2 cm³/mol. The lowest BCUT2D eigenvalue weighted by molar-refractivity contribution is -0.151. The predicted octanol–water partition coefficient (Wildman–Crippen LogP) is 2.19. The van der Waals surface area contributed by atoms with Crippen molar-refractivity contribution in [1.29, 1.82) is 0 Å². The van der Waals surface area contributed by atoms with Gasteiger partial charge in [-0.05, 0) is 38.4 Å². The van der Waals surface area contributed by atoms with Gasteiger partial charge < -0.3 is 14.6 Å². The molecule has 0 aromatic carbocycles. The molecule has 1 heterocycles. The van der Waals surface area contributed by atoms with Crippen molar-refractivity contribution in [1.82, 2.24) is 9.88 Å². The van der Waals surface area contributed by atoms with Gasteiger partial charge in [-0.15, -0.1) is 0 Å². The molecule has 0 amide bonds. The Morgan fingerprint density at radius 1 is 1.50 bits per heavy atom. The van der Waals surface area contributed by atoms with Crippen molar-refractivity contribution < 1.29 is 9.53 Å². The molecular formula is C14H24N2O2. The molecule has 0 saturated carbocycles. The first-order chi connectivity index (χ1) is 8.49. The molecule has 18 heavy (non-hydrogen) atoms. The van der Waals surface area contributed by atoms with Crippen LogP contribution in [-0.4, -0.2) is 24.2 Å². The van der Waals surface area contributed by atoms with Crippen molar-refractivity contribution in [2.75, 3.05) is 13.7 Å². The minimum absolute atomic E-state index is 0.179. The van der Waals surface area contributed by atoms with Gasteiger partial charge >= 0.3 is 5.97 Å². The highest BCUT2D eigenvalue weighted by Gasteiger charge is 2.28. The van der Waals surface area contributed by atoms with Crippen molar-refractivity contribution >= 4 is 5.97 Å². The molecule has 0 bridgehead atoms. The Bertz CT molecular complexity index is 383. The van der Waals surface area contributed by atoms with Crippen molar-refractivity contribution in [3.05, 3.63) is 24.0 Å². The number of esters is 1. The SMILES string of the molecule is CCCNCc1ccn(CC(C)(C)C(=O)OC)c1. The molecule has 0 aliphatic heterocycles. The van der Waals surface area contributed by atoms with E-state index in [4.69, 9.17) is 4.74 Å². The molecule has 0 aliphatic carbocycles. The fraction of sp³-hybridized carbons (Fsp3) is 0.643. The minimum atomic E-state index is -0.498. The summed E-state index contributed by atoms with van der Waals surface area (Å²) in [6, 6.07) is 2.08. The average molecular weight is 252 g/mol. The minimum Gasteiger partial charge on any atom is -0.469 e. The van der Waals surface area contributed by atoms with E-state index in [1.165, 1.54) is 12.7 Å². The zero-order valence-corrected chi connectivity index (χ0v) is 11.8. The molecule has 1 rings (SSSR count). The standard InChI is InChI=1S/C14H24N2O2/c1-5-7-15-9-12-6-8-16(10-12)11-14(2,3)13(17)18-4/h6,8,10,15H,5,7,9,11H2,1-4H3. The Balaban J connectivity index is 2.55. The highest BCUT2D eigenvalue weighted by Crippen LogP contribution is 2.20. The maximum atomic E-state index is 11.6. The molecule has 4 nitrogen and oxygen atoms in total. The summed E-state index contributed by atoms with van der Waals surface area (Å²) in [6.45, 7) is 8.48. The van der Waals surface area contributed by atoms with E-state index in [-0.39, 0.29) is 5.97 Å². The number of carbonyl (C=O) groups excluding carboxylic acids is 1. The Morgan fingerprint density at radius 3 is 2.83 bits per heavy atom. The van der Waals surface area contributed by atoms with Crippen molar-refractivity contribution in [3.63, 3.8) is 0 Å². The summed E-state index contributed by atoms with van der Waals surface area (Å²) in [5.41, 5.74) is 0.742. The van der Waals surface area contributed by atoms with Crippen molar-refractivity contribution in [2.45, 2.75) is 40.3 Å². The van der Waals surface area contributed by atoms with Gasteiger partial charge in [-0.3, -0.25) is 4.79 Å². The number of hydrogen-bond donors (Lipinski definition) is 1. The van der Waals surface area contributed by atoms with Crippen LogP contribution in [0.3, 0.4) is 0 Å². The van der Waals surface area contributed by atoms with Crippen LogP contribution in [0.2, 0.25) is 0 Å². The van der Waals surface area contributed by atoms with E-state index in [1.807, 2.05) is 24.6 Å². The number of aromatic nitrogens is 1. The Morgan fingerprint density at radius 2 is 2.22 bits per heavy atom. The van der Waals surface area contributed by atoms with Crippen LogP contribution in [0.15, 0.2) is 18.5 Å². The molecule has 1 aromatic heterocycles. The van der Waals surface area contributed by atoms with Crippen molar-refractivity contribution in [2.24, 2.45) is 5.41 Å². The van der Waals surface area contributed by atoms with Gasteiger partial charge in [0.15, 0.2) is 0 Å². The highest BCUT2D eigenvalue weighted by molar-refractivity contribution is 5.75. The van der Waals surface area contributed by atoms with Crippen LogP contribution in [0, 0.1) is 5.41 Å². The quantitative estimate of drug-likeness (QED) is 0.597. The van der Waals surface area contributed by atoms with Gasteiger partial charge in [-0.1, -0.05) is 6.92 Å². The number of nitrogens with one attached hydrogen (secondary N) is 1. The summed E-state index contributed by atoms with van der Waals surface area (Å²) in [7, 11) is 1.43. The average Bonchev–Trinajstić information content (AvgIpc) is 2.75. The Hall–Kier alpha value is -1.29. The van der Waals surface area contributed by atoms with E-state index in [0.29, 0.717) is 6.54 Å². The second-order valence-corrected chi connectivity index (χ2v) is 5.24. The summed E-state index contributed by atoms with van der Waals surface area (Å²) < 4.78 is 6.85. The number of carbonyl (C=O) groups is 1. The third kappa shape index (κ3) is 4.18. The van der Waals surface area contributed by atoms with Crippen LogP contribution in [-0.2, 0) is 22.6 Å². The first kappa shape index (κ1) is 14.8. The summed E-state index contributed by atoms with van der Waals surface area (Å²) in [6.07, 6.45) is 5.22. The van der Waals surface area contributed by atoms with E-state index < -0.39 is 5.41 Å². The van der Waals surface area contributed by atoms with Gasteiger partial charge in [0, 0.05) is 25.5 Å². The molecule has 0 aliphatic rings. The van der Waals surface area contributed by atoms with Gasteiger partial charge in [0.2, 0.25) is 0 Å². The Kier molecular flexibility index (Phi) is 5.41. The number of ether oxygens (including phenoxy) is 1.